The van der Waals surface area contributed by atoms with Crippen molar-refractivity contribution in [3.63, 3.8) is 0 Å². The molecule has 0 unspecified atom stereocenters. The van der Waals surface area contributed by atoms with Crippen molar-refractivity contribution >= 4 is 22.0 Å². The summed E-state index contributed by atoms with van der Waals surface area (Å²) in [4.78, 5) is 11.4. The smallest absolute Gasteiger partial charge is 0.408 e. The number of alkyl carbamates (subject to hydrolysis) is 1. The van der Waals surface area contributed by atoms with Crippen LogP contribution in [0.4, 0.5) is 4.79 Å². The third-order valence-corrected chi connectivity index (χ3v) is 2.03. The highest BCUT2D eigenvalue weighted by Crippen LogP contribution is 2.17. The Morgan fingerprint density at radius 2 is 2.25 bits per heavy atom. The molecule has 6 heteroatoms. The van der Waals surface area contributed by atoms with Crippen LogP contribution in [-0.4, -0.2) is 16.9 Å². The van der Waals surface area contributed by atoms with Gasteiger partial charge in [0.2, 0.25) is 0 Å². The summed E-state index contributed by atoms with van der Waals surface area (Å²) >= 11 is 3.17. The minimum atomic E-state index is -0.508. The number of carbonyl (C=O) groups excluding carboxylic acids is 1. The molecular formula is C10H15BrN2O3. The number of rotatable bonds is 2. The van der Waals surface area contributed by atoms with E-state index in [0.717, 1.165) is 0 Å². The Kier molecular flexibility index (Phi) is 3.96. The summed E-state index contributed by atoms with van der Waals surface area (Å²) in [7, 11) is 0. The summed E-state index contributed by atoms with van der Waals surface area (Å²) in [6, 6.07) is 1.41. The van der Waals surface area contributed by atoms with Crippen LogP contribution < -0.4 is 5.32 Å². The Morgan fingerprint density at radius 3 is 2.69 bits per heavy atom. The minimum absolute atomic E-state index is 0.284. The van der Waals surface area contributed by atoms with E-state index in [1.54, 1.807) is 13.0 Å². The first-order valence-electron chi connectivity index (χ1n) is 4.89. The molecule has 0 aromatic carbocycles. The van der Waals surface area contributed by atoms with E-state index in [-0.39, 0.29) is 6.04 Å². The van der Waals surface area contributed by atoms with Gasteiger partial charge in [-0.2, -0.15) is 0 Å². The lowest BCUT2D eigenvalue weighted by molar-refractivity contribution is 0.0500. The van der Waals surface area contributed by atoms with Crippen molar-refractivity contribution in [2.45, 2.75) is 39.3 Å². The van der Waals surface area contributed by atoms with Gasteiger partial charge in [0, 0.05) is 6.07 Å². The fourth-order valence-electron chi connectivity index (χ4n) is 1.03. The molecule has 1 rings (SSSR count). The normalized spacial score (nSPS) is 13.3. The summed E-state index contributed by atoms with van der Waals surface area (Å²) in [5, 5.41) is 6.32. The molecule has 1 atom stereocenters. The van der Waals surface area contributed by atoms with E-state index < -0.39 is 11.7 Å². The molecule has 1 aromatic heterocycles. The van der Waals surface area contributed by atoms with Gasteiger partial charge in [-0.15, -0.1) is 0 Å². The third kappa shape index (κ3) is 4.22. The van der Waals surface area contributed by atoms with Crippen molar-refractivity contribution in [2.24, 2.45) is 0 Å². The van der Waals surface area contributed by atoms with Gasteiger partial charge in [-0.1, -0.05) is 5.16 Å². The van der Waals surface area contributed by atoms with Crippen LogP contribution in [0.25, 0.3) is 0 Å². The highest BCUT2D eigenvalue weighted by atomic mass is 79.9. The number of ether oxygens (including phenoxy) is 1. The van der Waals surface area contributed by atoms with E-state index in [0.29, 0.717) is 10.4 Å². The Labute approximate surface area is 103 Å². The van der Waals surface area contributed by atoms with Gasteiger partial charge in [-0.3, -0.25) is 0 Å². The van der Waals surface area contributed by atoms with Crippen molar-refractivity contribution in [2.75, 3.05) is 0 Å². The molecular weight excluding hydrogens is 276 g/mol. The van der Waals surface area contributed by atoms with Crippen molar-refractivity contribution in [3.05, 3.63) is 16.4 Å². The molecule has 0 aliphatic heterocycles. The molecule has 0 aliphatic rings. The molecule has 0 radical (unpaired) electrons. The minimum Gasteiger partial charge on any atom is -0.444 e. The Morgan fingerprint density at radius 1 is 1.62 bits per heavy atom. The number of nitrogens with one attached hydrogen (secondary N) is 1. The predicted molar refractivity (Wildman–Crippen MR) is 62.0 cm³/mol. The monoisotopic (exact) mass is 290 g/mol. The highest BCUT2D eigenvalue weighted by Gasteiger charge is 2.19. The quantitative estimate of drug-likeness (QED) is 0.909. The molecule has 0 saturated heterocycles. The molecule has 0 saturated carbocycles. The van der Waals surface area contributed by atoms with Crippen LogP contribution in [0.2, 0.25) is 0 Å². The van der Waals surface area contributed by atoms with Crippen LogP contribution in [-0.2, 0) is 4.74 Å². The van der Waals surface area contributed by atoms with Gasteiger partial charge in [0.1, 0.15) is 10.2 Å². The molecule has 0 fully saturated rings. The van der Waals surface area contributed by atoms with Gasteiger partial charge >= 0.3 is 6.09 Å². The highest BCUT2D eigenvalue weighted by molar-refractivity contribution is 9.10. The maximum absolute atomic E-state index is 11.4. The zero-order chi connectivity index (χ0) is 12.3. The van der Waals surface area contributed by atoms with Crippen molar-refractivity contribution in [1.29, 1.82) is 0 Å². The maximum Gasteiger partial charge on any atom is 0.408 e. The van der Waals surface area contributed by atoms with Crippen molar-refractivity contribution < 1.29 is 14.1 Å². The molecule has 90 valence electrons. The standard InChI is InChI=1S/C10H15BrN2O3/c1-6(7-5-8(11)13-16-7)12-9(14)15-10(2,3)4/h5-6H,1-4H3,(H,12,14)/t6-/m0/s1. The molecule has 0 bridgehead atoms. The van der Waals surface area contributed by atoms with Crippen LogP contribution in [0, 0.1) is 0 Å². The number of hydrogen-bond donors (Lipinski definition) is 1. The number of carbonyl (C=O) groups is 1. The predicted octanol–water partition coefficient (Wildman–Crippen LogP) is 3.02. The molecule has 1 N–H and O–H groups in total. The first-order chi connectivity index (χ1) is 7.28. The van der Waals surface area contributed by atoms with E-state index in [1.165, 1.54) is 0 Å². The zero-order valence-corrected chi connectivity index (χ0v) is 11.3. The van der Waals surface area contributed by atoms with Gasteiger partial charge in [0.25, 0.3) is 0 Å². The van der Waals surface area contributed by atoms with E-state index in [9.17, 15) is 4.79 Å². The molecule has 16 heavy (non-hydrogen) atoms. The van der Waals surface area contributed by atoms with Gasteiger partial charge in [0.05, 0.1) is 6.04 Å². The Balaban J connectivity index is 2.52. The van der Waals surface area contributed by atoms with Crippen LogP contribution in [0.3, 0.4) is 0 Å². The Bertz CT molecular complexity index is 370. The Hall–Kier alpha value is -1.04. The zero-order valence-electron chi connectivity index (χ0n) is 9.70. The number of halogens is 1. The van der Waals surface area contributed by atoms with Gasteiger partial charge in [-0.25, -0.2) is 4.79 Å². The molecule has 0 spiro atoms. The van der Waals surface area contributed by atoms with Gasteiger partial charge in [-0.05, 0) is 43.6 Å². The number of hydrogen-bond acceptors (Lipinski definition) is 4. The molecule has 1 amide bonds. The van der Waals surface area contributed by atoms with Crippen molar-refractivity contribution in [3.8, 4) is 0 Å². The number of amides is 1. The van der Waals surface area contributed by atoms with Gasteiger partial charge < -0.3 is 14.6 Å². The first-order valence-corrected chi connectivity index (χ1v) is 5.69. The second kappa shape index (κ2) is 4.86. The molecule has 1 aromatic rings. The third-order valence-electron chi connectivity index (χ3n) is 1.66. The fourth-order valence-corrected chi connectivity index (χ4v) is 1.32. The largest absolute Gasteiger partial charge is 0.444 e. The molecule has 5 nitrogen and oxygen atoms in total. The topological polar surface area (TPSA) is 64.4 Å². The van der Waals surface area contributed by atoms with E-state index in [4.69, 9.17) is 9.26 Å². The SMILES string of the molecule is C[C@H](NC(=O)OC(C)(C)C)c1cc(Br)no1. The molecule has 1 heterocycles. The summed E-state index contributed by atoms with van der Waals surface area (Å²) < 4.78 is 10.7. The van der Waals surface area contributed by atoms with Crippen LogP contribution in [0.15, 0.2) is 15.2 Å². The van der Waals surface area contributed by atoms with E-state index in [2.05, 4.69) is 26.4 Å². The second-order valence-electron chi connectivity index (χ2n) is 4.42. The van der Waals surface area contributed by atoms with E-state index in [1.807, 2.05) is 20.8 Å². The molecule has 0 aliphatic carbocycles. The van der Waals surface area contributed by atoms with Crippen LogP contribution in [0.5, 0.6) is 0 Å². The summed E-state index contributed by atoms with van der Waals surface area (Å²) in [6.07, 6.45) is -0.479. The lowest BCUT2D eigenvalue weighted by Crippen LogP contribution is -2.33. The van der Waals surface area contributed by atoms with Crippen LogP contribution >= 0.6 is 15.9 Å². The lowest BCUT2D eigenvalue weighted by Gasteiger charge is -2.21. The van der Waals surface area contributed by atoms with Crippen LogP contribution in [0.1, 0.15) is 39.5 Å². The lowest BCUT2D eigenvalue weighted by atomic mass is 10.2. The summed E-state index contributed by atoms with van der Waals surface area (Å²) in [5.41, 5.74) is -0.508. The second-order valence-corrected chi connectivity index (χ2v) is 5.23. The van der Waals surface area contributed by atoms with Crippen molar-refractivity contribution in [1.82, 2.24) is 10.5 Å². The average Bonchev–Trinajstić information content (AvgIpc) is 2.47. The number of aromatic nitrogens is 1. The van der Waals surface area contributed by atoms with Gasteiger partial charge in [0.15, 0.2) is 5.76 Å². The average molecular weight is 291 g/mol. The first kappa shape index (κ1) is 13.0. The fraction of sp³-hybridized carbons (Fsp3) is 0.600. The maximum atomic E-state index is 11.4. The van der Waals surface area contributed by atoms with E-state index >= 15 is 0 Å². The summed E-state index contributed by atoms with van der Waals surface area (Å²) in [6.45, 7) is 7.21. The number of nitrogens with zero attached hydrogens (tertiary/aromatic N) is 1. The summed E-state index contributed by atoms with van der Waals surface area (Å²) in [5.74, 6) is 0.567.